The van der Waals surface area contributed by atoms with Crippen LogP contribution in [0.5, 0.6) is 11.8 Å². The molecule has 8 rings (SSSR count). The molecule has 10 heteroatoms. The predicted molar refractivity (Wildman–Crippen MR) is 169 cm³/mol. The van der Waals surface area contributed by atoms with Crippen LogP contribution in [0.4, 0.5) is 16.0 Å². The number of benzene rings is 3. The van der Waals surface area contributed by atoms with E-state index in [0.717, 1.165) is 61.9 Å². The summed E-state index contributed by atoms with van der Waals surface area (Å²) >= 11 is 0. The van der Waals surface area contributed by atoms with E-state index in [1.54, 1.807) is 30.6 Å². The van der Waals surface area contributed by atoms with Gasteiger partial charge in [0.2, 0.25) is 0 Å². The lowest BCUT2D eigenvalue weighted by Gasteiger charge is -2.42. The van der Waals surface area contributed by atoms with Crippen molar-refractivity contribution in [2.75, 3.05) is 43.1 Å². The summed E-state index contributed by atoms with van der Waals surface area (Å²) < 4.78 is 22.9. The first-order valence-corrected chi connectivity index (χ1v) is 15.4. The normalized spacial score (nSPS) is 21.9. The van der Waals surface area contributed by atoms with Gasteiger partial charge in [0.25, 0.3) is 0 Å². The number of piperazine rings is 1. The Morgan fingerprint density at radius 1 is 0.955 bits per heavy atom. The van der Waals surface area contributed by atoms with Crippen molar-refractivity contribution in [1.82, 2.24) is 24.8 Å². The van der Waals surface area contributed by atoms with Crippen LogP contribution < -0.4 is 14.5 Å². The van der Waals surface area contributed by atoms with Crippen molar-refractivity contribution in [3.05, 3.63) is 72.9 Å². The zero-order valence-electron chi connectivity index (χ0n) is 24.6. The Morgan fingerprint density at radius 2 is 1.80 bits per heavy atom. The molecule has 2 bridgehead atoms. The van der Waals surface area contributed by atoms with Crippen LogP contribution in [-0.4, -0.2) is 81.4 Å². The van der Waals surface area contributed by atoms with Gasteiger partial charge in [-0.3, -0.25) is 4.98 Å². The molecule has 0 aliphatic carbocycles. The van der Waals surface area contributed by atoms with E-state index < -0.39 is 5.82 Å². The number of rotatable bonds is 6. The highest BCUT2D eigenvalue weighted by Gasteiger charge is 2.41. The van der Waals surface area contributed by atoms with Gasteiger partial charge in [-0.05, 0) is 73.8 Å². The van der Waals surface area contributed by atoms with Crippen LogP contribution in [0.25, 0.3) is 32.8 Å². The molecule has 9 nitrogen and oxygen atoms in total. The maximum atomic E-state index is 16.7. The first kappa shape index (κ1) is 27.0. The number of halogens is 1. The summed E-state index contributed by atoms with van der Waals surface area (Å²) in [4.78, 5) is 25.4. The third kappa shape index (κ3) is 4.64. The molecule has 3 aliphatic heterocycles. The number of hydrogen-bond donors (Lipinski definition) is 1. The number of anilines is 2. The number of aromatic nitrogens is 4. The highest BCUT2D eigenvalue weighted by Crippen LogP contribution is 2.40. The van der Waals surface area contributed by atoms with Gasteiger partial charge in [0.05, 0.1) is 6.20 Å². The Labute approximate surface area is 255 Å². The molecule has 5 heterocycles. The lowest BCUT2D eigenvalue weighted by atomic mass is 9.96. The molecule has 0 amide bonds. The van der Waals surface area contributed by atoms with Gasteiger partial charge in [-0.25, -0.2) is 9.37 Å². The van der Waals surface area contributed by atoms with E-state index in [2.05, 4.69) is 36.7 Å². The third-order valence-corrected chi connectivity index (χ3v) is 9.57. The molecule has 224 valence electrons. The van der Waals surface area contributed by atoms with Gasteiger partial charge >= 0.3 is 6.01 Å². The quantitative estimate of drug-likeness (QED) is 0.278. The van der Waals surface area contributed by atoms with Gasteiger partial charge < -0.3 is 24.5 Å². The number of nitrogens with zero attached hydrogens (tertiary/aromatic N) is 7. The number of likely N-dealkylation sites (tertiary alicyclic amines) is 1. The smallest absolute Gasteiger partial charge is 0.319 e. The minimum absolute atomic E-state index is 0.0859. The van der Waals surface area contributed by atoms with Crippen LogP contribution in [0.3, 0.4) is 0 Å². The minimum Gasteiger partial charge on any atom is -0.508 e. The highest BCUT2D eigenvalue weighted by atomic mass is 19.1. The van der Waals surface area contributed by atoms with Gasteiger partial charge in [0, 0.05) is 54.6 Å². The van der Waals surface area contributed by atoms with Crippen LogP contribution in [0.1, 0.15) is 25.7 Å². The second kappa shape index (κ2) is 10.9. The Kier molecular flexibility index (Phi) is 6.66. The fourth-order valence-corrected chi connectivity index (χ4v) is 7.39. The molecule has 1 N–H and O–H groups in total. The zero-order valence-corrected chi connectivity index (χ0v) is 24.6. The molecule has 3 saturated heterocycles. The van der Waals surface area contributed by atoms with Crippen LogP contribution in [0.2, 0.25) is 0 Å². The first-order valence-electron chi connectivity index (χ1n) is 15.4. The van der Waals surface area contributed by atoms with E-state index in [9.17, 15) is 5.11 Å². The summed E-state index contributed by atoms with van der Waals surface area (Å²) in [5.74, 6) is 1.21. The van der Waals surface area contributed by atoms with Crippen LogP contribution >= 0.6 is 0 Å². The van der Waals surface area contributed by atoms with Gasteiger partial charge in [-0.1, -0.05) is 30.3 Å². The van der Waals surface area contributed by atoms with Crippen molar-refractivity contribution in [3.63, 3.8) is 0 Å². The molecule has 0 spiro atoms. The first-order chi connectivity index (χ1) is 21.5. The van der Waals surface area contributed by atoms with Crippen molar-refractivity contribution in [3.8, 4) is 22.9 Å². The monoisotopic (exact) mass is 591 g/mol. The number of fused-ring (bicyclic) bond motifs is 4. The minimum atomic E-state index is -0.453. The Balaban J connectivity index is 1.22. The Bertz CT molecular complexity index is 1840. The Hall–Kier alpha value is -4.57. The zero-order chi connectivity index (χ0) is 29.8. The molecule has 3 aliphatic rings. The topological polar surface area (TPSA) is 90.7 Å². The van der Waals surface area contributed by atoms with Gasteiger partial charge in [-0.2, -0.15) is 9.97 Å². The average Bonchev–Trinajstić information content (AvgIpc) is 3.58. The van der Waals surface area contributed by atoms with Gasteiger partial charge in [0.1, 0.15) is 29.5 Å². The standard InChI is InChI=1S/C34H34FN7O2/c1-40-14-4-6-24(40)20-44-34-38-32-28(11-10-27(31(32)35)29-16-25(43)15-21-5-2-3-7-26(21)29)33(39-34)41-18-22-8-9-23(19-41)42(22)30-17-36-12-13-37-30/h2-3,5,7,10-13,15-17,22-24,43H,4,6,8-9,14,18-20H2,1H3/t22-,23+,24-/m0/s1. The van der Waals surface area contributed by atoms with Crippen molar-refractivity contribution < 1.29 is 14.2 Å². The fourth-order valence-electron chi connectivity index (χ4n) is 7.39. The van der Waals surface area contributed by atoms with Crippen LogP contribution in [0, 0.1) is 5.82 Å². The maximum absolute atomic E-state index is 16.7. The fraction of sp³-hybridized carbons (Fsp3) is 0.353. The molecule has 5 aromatic rings. The molecular weight excluding hydrogens is 557 g/mol. The van der Waals surface area contributed by atoms with Crippen molar-refractivity contribution in [2.45, 2.75) is 43.8 Å². The van der Waals surface area contributed by atoms with Gasteiger partial charge in [-0.15, -0.1) is 0 Å². The van der Waals surface area contributed by atoms with E-state index in [-0.39, 0.29) is 35.4 Å². The lowest BCUT2D eigenvalue weighted by Crippen LogP contribution is -2.54. The van der Waals surface area contributed by atoms with E-state index in [1.807, 2.05) is 36.5 Å². The predicted octanol–water partition coefficient (Wildman–Crippen LogP) is 5.42. The summed E-state index contributed by atoms with van der Waals surface area (Å²) in [5, 5.41) is 12.8. The average molecular weight is 592 g/mol. The molecule has 0 radical (unpaired) electrons. The van der Waals surface area contributed by atoms with Crippen molar-refractivity contribution in [2.24, 2.45) is 0 Å². The number of ether oxygens (including phenoxy) is 1. The summed E-state index contributed by atoms with van der Waals surface area (Å²) in [6, 6.07) is 15.6. The molecule has 3 atom stereocenters. The molecule has 0 unspecified atom stereocenters. The second-order valence-electron chi connectivity index (χ2n) is 12.2. The van der Waals surface area contributed by atoms with E-state index >= 15 is 4.39 Å². The molecule has 2 aromatic heterocycles. The summed E-state index contributed by atoms with van der Waals surface area (Å²) in [6.45, 7) is 2.94. The van der Waals surface area contributed by atoms with E-state index in [0.29, 0.717) is 28.9 Å². The largest absolute Gasteiger partial charge is 0.508 e. The number of phenolic OH excluding ortho intramolecular Hbond substituents is 1. The molecule has 44 heavy (non-hydrogen) atoms. The molecule has 3 aromatic carbocycles. The van der Waals surface area contributed by atoms with Crippen LogP contribution in [0.15, 0.2) is 67.1 Å². The Morgan fingerprint density at radius 3 is 2.57 bits per heavy atom. The third-order valence-electron chi connectivity index (χ3n) is 9.57. The second-order valence-corrected chi connectivity index (χ2v) is 12.2. The maximum Gasteiger partial charge on any atom is 0.319 e. The van der Waals surface area contributed by atoms with E-state index in [4.69, 9.17) is 9.72 Å². The molecular formula is C34H34FN7O2. The summed E-state index contributed by atoms with van der Waals surface area (Å²) in [7, 11) is 2.10. The summed E-state index contributed by atoms with van der Waals surface area (Å²) in [5.41, 5.74) is 1.22. The number of hydrogen-bond acceptors (Lipinski definition) is 9. The SMILES string of the molecule is CN1CCC[C@H]1COc1nc(N2C[C@H]3CC[C@@H](C2)N3c2cnccn2)c2ccc(-c3cc(O)cc4ccccc34)c(F)c2n1. The van der Waals surface area contributed by atoms with Crippen molar-refractivity contribution in [1.29, 1.82) is 0 Å². The van der Waals surface area contributed by atoms with Crippen LogP contribution in [-0.2, 0) is 0 Å². The lowest BCUT2D eigenvalue weighted by molar-refractivity contribution is 0.188. The number of likely N-dealkylation sites (N-methyl/N-ethyl adjacent to an activating group) is 1. The molecule has 0 saturated carbocycles. The van der Waals surface area contributed by atoms with Crippen molar-refractivity contribution >= 4 is 33.3 Å². The summed E-state index contributed by atoms with van der Waals surface area (Å²) in [6.07, 6.45) is 9.52. The number of phenols is 1. The highest BCUT2D eigenvalue weighted by molar-refractivity contribution is 6.01. The molecule has 3 fully saturated rings. The van der Waals surface area contributed by atoms with Gasteiger partial charge in [0.15, 0.2) is 5.82 Å². The van der Waals surface area contributed by atoms with E-state index in [1.165, 1.54) is 0 Å². The number of aromatic hydroxyl groups is 1.